The smallest absolute Gasteiger partial charge is 0.352 e. The van der Waals surface area contributed by atoms with Crippen LogP contribution in [0, 0.1) is 11.8 Å². The number of allylic oxidation sites excluding steroid dienone is 6. The highest BCUT2D eigenvalue weighted by Crippen LogP contribution is 2.67. The number of hydrogen-bond donors (Lipinski definition) is 5. The molecular formula is C49H53N5O14P3+. The minimum absolute atomic E-state index is 0.0338. The molecule has 71 heavy (non-hydrogen) atoms. The lowest BCUT2D eigenvalue weighted by atomic mass is 9.79. The molecule has 1 amide bonds. The summed E-state index contributed by atoms with van der Waals surface area (Å²) in [6.45, 7) is 7.95. The van der Waals surface area contributed by atoms with Crippen LogP contribution < -0.4 is 21.5 Å². The molecule has 1 aromatic heterocycles. The zero-order valence-electron chi connectivity index (χ0n) is 39.6. The predicted molar refractivity (Wildman–Crippen MR) is 267 cm³/mol. The Morgan fingerprint density at radius 1 is 0.873 bits per heavy atom. The topological polar surface area (TPSA) is 248 Å². The second-order valence-corrected chi connectivity index (χ2v) is 22.8. The first-order valence-electron chi connectivity index (χ1n) is 22.4. The van der Waals surface area contributed by atoms with Gasteiger partial charge in [-0.3, -0.25) is 28.2 Å². The lowest BCUT2D eigenvalue weighted by Crippen LogP contribution is -2.37. The largest absolute Gasteiger partial charge is 0.490 e. The lowest BCUT2D eigenvalue weighted by molar-refractivity contribution is -0.401. The van der Waals surface area contributed by atoms with Crippen molar-refractivity contribution in [3.63, 3.8) is 0 Å². The fourth-order valence-corrected chi connectivity index (χ4v) is 12.8. The van der Waals surface area contributed by atoms with E-state index in [-0.39, 0.29) is 42.8 Å². The van der Waals surface area contributed by atoms with Gasteiger partial charge in [-0.25, -0.2) is 18.5 Å². The minimum Gasteiger partial charge on any atom is -0.352 e. The van der Waals surface area contributed by atoms with E-state index in [0.717, 1.165) is 32.3 Å². The van der Waals surface area contributed by atoms with Gasteiger partial charge in [-0.2, -0.15) is 13.2 Å². The third-order valence-corrected chi connectivity index (χ3v) is 16.9. The number of carbonyl (C=O) groups excluding carboxylic acids is 1. The second-order valence-electron chi connectivity index (χ2n) is 18.1. The number of hydrogen-bond acceptors (Lipinski definition) is 12. The Hall–Kier alpha value is -5.83. The molecule has 8 rings (SSSR count). The fraction of sp³-hybridized carbons (Fsp3) is 0.306. The van der Waals surface area contributed by atoms with Gasteiger partial charge in [-0.1, -0.05) is 98.5 Å². The van der Waals surface area contributed by atoms with Gasteiger partial charge in [0.25, 0.3) is 5.56 Å². The van der Waals surface area contributed by atoms with E-state index < -0.39 is 59.1 Å². The third-order valence-electron chi connectivity index (χ3n) is 12.7. The number of anilines is 1. The summed E-state index contributed by atoms with van der Waals surface area (Å²) in [4.78, 5) is 72.3. The molecule has 5 N–H and O–H groups in total. The summed E-state index contributed by atoms with van der Waals surface area (Å²) in [5.41, 5.74) is 4.11. The molecular weight excluding hydrogens is 975 g/mol. The summed E-state index contributed by atoms with van der Waals surface area (Å²) in [5.74, 6) is 5.15. The molecule has 22 heteroatoms. The molecule has 3 aliphatic heterocycles. The van der Waals surface area contributed by atoms with E-state index in [4.69, 9.17) is 9.26 Å². The maximum atomic E-state index is 13.7. The summed E-state index contributed by atoms with van der Waals surface area (Å²) >= 11 is 0. The zero-order valence-corrected chi connectivity index (χ0v) is 42.3. The van der Waals surface area contributed by atoms with Gasteiger partial charge in [-0.15, -0.1) is 0 Å². The Kier molecular flexibility index (Phi) is 14.5. The van der Waals surface area contributed by atoms with Gasteiger partial charge in [-0.05, 0) is 72.0 Å². The molecule has 0 aliphatic carbocycles. The van der Waals surface area contributed by atoms with Crippen molar-refractivity contribution in [1.82, 2.24) is 14.9 Å². The molecule has 1 fully saturated rings. The van der Waals surface area contributed by atoms with Crippen molar-refractivity contribution in [2.75, 3.05) is 38.8 Å². The van der Waals surface area contributed by atoms with E-state index in [1.54, 1.807) is 0 Å². The van der Waals surface area contributed by atoms with Crippen molar-refractivity contribution in [3.8, 4) is 11.8 Å². The highest BCUT2D eigenvalue weighted by Gasteiger charge is 2.45. The number of H-pyrrole nitrogens is 1. The van der Waals surface area contributed by atoms with E-state index in [1.807, 2.05) is 53.5 Å². The molecule has 4 aromatic carbocycles. The summed E-state index contributed by atoms with van der Waals surface area (Å²) in [7, 11) is -13.3. The van der Waals surface area contributed by atoms with Crippen LogP contribution in [0.3, 0.4) is 0 Å². The predicted octanol–water partition coefficient (Wildman–Crippen LogP) is 7.49. The quantitative estimate of drug-likeness (QED) is 0.0295. The fourth-order valence-electron chi connectivity index (χ4n) is 9.55. The average Bonchev–Trinajstić information content (AvgIpc) is 3.92. The molecule has 372 valence electrons. The summed E-state index contributed by atoms with van der Waals surface area (Å²) in [5, 5.41) is 7.45. The molecule has 0 saturated carbocycles. The van der Waals surface area contributed by atoms with Gasteiger partial charge in [0.2, 0.25) is 11.6 Å². The number of nitrogens with zero attached hydrogens (tertiary/aromatic N) is 3. The number of rotatable bonds is 15. The first-order valence-corrected chi connectivity index (χ1v) is 26.9. The Morgan fingerprint density at radius 3 is 2.24 bits per heavy atom. The number of ether oxygens (including phenoxy) is 1. The van der Waals surface area contributed by atoms with Crippen LogP contribution in [0.4, 0.5) is 11.4 Å². The van der Waals surface area contributed by atoms with E-state index in [9.17, 15) is 42.8 Å². The van der Waals surface area contributed by atoms with Crippen LogP contribution in [0.5, 0.6) is 0 Å². The Morgan fingerprint density at radius 2 is 1.54 bits per heavy atom. The first-order chi connectivity index (χ1) is 33.5. The van der Waals surface area contributed by atoms with Crippen molar-refractivity contribution in [2.24, 2.45) is 0 Å². The maximum Gasteiger partial charge on any atom is 0.490 e. The van der Waals surface area contributed by atoms with Crippen LogP contribution in [0.2, 0.25) is 0 Å². The van der Waals surface area contributed by atoms with Crippen LogP contribution in [0.25, 0.3) is 21.5 Å². The minimum atomic E-state index is -5.61. The molecule has 3 aliphatic rings. The molecule has 19 nitrogen and oxygen atoms in total. The number of phosphoric acid groups is 3. The molecule has 5 unspecified atom stereocenters. The molecule has 0 bridgehead atoms. The maximum absolute atomic E-state index is 13.7. The van der Waals surface area contributed by atoms with Crippen LogP contribution in [0.15, 0.2) is 125 Å². The van der Waals surface area contributed by atoms with Gasteiger partial charge in [0.05, 0.1) is 24.7 Å². The normalized spacial score (nSPS) is 21.3. The molecule has 0 radical (unpaired) electrons. The Bertz CT molecular complexity index is 3440. The van der Waals surface area contributed by atoms with Gasteiger partial charge in [0.15, 0.2) is 5.71 Å². The number of nitrogens with one attached hydrogen (secondary N) is 2. The van der Waals surface area contributed by atoms with Crippen LogP contribution >= 0.6 is 23.5 Å². The van der Waals surface area contributed by atoms with Crippen molar-refractivity contribution in [3.05, 3.63) is 153 Å². The van der Waals surface area contributed by atoms with Gasteiger partial charge in [0, 0.05) is 47.8 Å². The number of fused-ring (bicyclic) bond motifs is 6. The van der Waals surface area contributed by atoms with Crippen LogP contribution in [-0.4, -0.2) is 80.4 Å². The van der Waals surface area contributed by atoms with Crippen molar-refractivity contribution in [2.45, 2.75) is 63.7 Å². The molecule has 4 heterocycles. The van der Waals surface area contributed by atoms with Crippen LogP contribution in [-0.2, 0) is 51.7 Å². The first kappa shape index (κ1) is 51.5. The molecule has 5 aromatic rings. The number of phosphoric ester groups is 2. The Labute approximate surface area is 408 Å². The van der Waals surface area contributed by atoms with E-state index in [2.05, 4.69) is 129 Å². The standard InChI is InChI=1S/C49H52N5O14P3/c1-48(2)40(52(5)38-25-22-32-15-10-12-18-36(32)44(38)48)20-8-7-9-21-41-49(3,4)45-37-19-13-11-16-33(37)23-26-39(45)53(41)30-42(55)50-28-14-17-34-29-54(47(57)51-46(34)56)43-27-24-35(66-43)31-65-70(60,61)68-71(62,63)67-69(58,59)64-6/h7-13,15-16,18-23,25-26,29,35,43H,24,27-28,30-31H2,1-6H3,(H4-,50,51,55,56,57,58,59,60,61,62,63)/p+1. The highest BCUT2D eigenvalue weighted by atomic mass is 31.3. The SMILES string of the molecule is COP(=O)(O)OP(=O)(O)OP(=O)(O)OCC1CCC(n2cc(C#CCNC(=O)CN3C(=CC=CC=CC4=[N+](C)c5ccc6ccccc6c5C4(C)C)C(C)(C)c4c3ccc3ccccc43)c(=O)[nH]c2=O)O1. The number of aromatic nitrogens is 2. The van der Waals surface area contributed by atoms with Gasteiger partial charge >= 0.3 is 29.2 Å². The summed E-state index contributed by atoms with van der Waals surface area (Å²) in [6, 6.07) is 25.0. The number of benzene rings is 4. The van der Waals surface area contributed by atoms with Crippen LogP contribution in [0.1, 0.15) is 63.5 Å². The zero-order chi connectivity index (χ0) is 51.1. The van der Waals surface area contributed by atoms with Crippen molar-refractivity contribution >= 4 is 68.0 Å². The lowest BCUT2D eigenvalue weighted by Gasteiger charge is -2.26. The number of amides is 1. The second kappa shape index (κ2) is 20.0. The Balaban J connectivity index is 0.938. The van der Waals surface area contributed by atoms with Gasteiger partial charge in [0.1, 0.15) is 25.4 Å². The molecule has 1 saturated heterocycles. The number of aromatic amines is 1. The average molecular weight is 1030 g/mol. The molecule has 0 spiro atoms. The van der Waals surface area contributed by atoms with E-state index >= 15 is 0 Å². The number of carbonyl (C=O) groups is 1. The third kappa shape index (κ3) is 10.9. The monoisotopic (exact) mass is 1030 g/mol. The van der Waals surface area contributed by atoms with Crippen molar-refractivity contribution in [1.29, 1.82) is 0 Å². The molecule has 5 atom stereocenters. The highest BCUT2D eigenvalue weighted by molar-refractivity contribution is 7.66. The van der Waals surface area contributed by atoms with Gasteiger partial charge < -0.3 is 29.6 Å². The van der Waals surface area contributed by atoms with E-state index in [0.29, 0.717) is 7.11 Å². The summed E-state index contributed by atoms with van der Waals surface area (Å²) in [6.07, 6.45) is 9.81. The van der Waals surface area contributed by atoms with Crippen molar-refractivity contribution < 1.29 is 60.2 Å². The summed E-state index contributed by atoms with van der Waals surface area (Å²) < 4.78 is 61.4. The van der Waals surface area contributed by atoms with E-state index in [1.165, 1.54) is 33.9 Å².